The van der Waals surface area contributed by atoms with Crippen LogP contribution in [-0.4, -0.2) is 13.2 Å². The lowest BCUT2D eigenvalue weighted by Crippen LogP contribution is -2.25. The van der Waals surface area contributed by atoms with E-state index in [1.165, 1.54) is 0 Å². The predicted octanol–water partition coefficient (Wildman–Crippen LogP) is 1.98. The van der Waals surface area contributed by atoms with Crippen LogP contribution in [0.3, 0.4) is 0 Å². The van der Waals surface area contributed by atoms with E-state index in [1.807, 2.05) is 0 Å². The zero-order chi connectivity index (χ0) is 7.71. The van der Waals surface area contributed by atoms with E-state index in [1.54, 1.807) is 20.8 Å². The molecular formula is C7H16O2S. The molecule has 10 heavy (non-hydrogen) atoms. The number of sulfone groups is 1. The summed E-state index contributed by atoms with van der Waals surface area (Å²) in [6.07, 6.45) is 0. The summed E-state index contributed by atoms with van der Waals surface area (Å²) in [6.45, 7) is 8.14. The van der Waals surface area contributed by atoms with Gasteiger partial charge in [0.1, 0.15) is 0 Å². The van der Waals surface area contributed by atoms with Crippen molar-refractivity contribution < 1.29 is 8.42 Å². The third kappa shape index (κ3) is 2.52. The molecule has 0 atom stereocenters. The van der Waals surface area contributed by atoms with Crippen LogP contribution in [0.5, 0.6) is 0 Å². The second-order valence-corrected chi connectivity index (χ2v) is 5.47. The molecule has 0 aliphatic heterocycles. The van der Waals surface area contributed by atoms with E-state index in [4.69, 9.17) is 0 Å². The van der Waals surface area contributed by atoms with E-state index in [9.17, 15) is 8.42 Å². The fourth-order valence-corrected chi connectivity index (χ4v) is 0.750. The van der Waals surface area contributed by atoms with Gasteiger partial charge in [-0.3, -0.25) is 0 Å². The molecule has 0 saturated heterocycles. The van der Waals surface area contributed by atoms with E-state index in [-0.39, 0.29) is 7.43 Å². The van der Waals surface area contributed by atoms with E-state index in [2.05, 4.69) is 6.58 Å². The quantitative estimate of drug-likeness (QED) is 0.594. The molecule has 62 valence electrons. The van der Waals surface area contributed by atoms with Crippen molar-refractivity contribution in [3.63, 3.8) is 0 Å². The average Bonchev–Trinajstić information content (AvgIpc) is 1.64. The van der Waals surface area contributed by atoms with Gasteiger partial charge >= 0.3 is 0 Å². The van der Waals surface area contributed by atoms with Crippen molar-refractivity contribution in [1.29, 1.82) is 0 Å². The lowest BCUT2D eigenvalue weighted by atomic mass is 10.3. The Hall–Kier alpha value is -0.310. The van der Waals surface area contributed by atoms with E-state index in [0.717, 1.165) is 5.41 Å². The van der Waals surface area contributed by atoms with Crippen molar-refractivity contribution in [3.05, 3.63) is 12.0 Å². The van der Waals surface area contributed by atoms with Gasteiger partial charge < -0.3 is 0 Å². The smallest absolute Gasteiger partial charge is 0.175 e. The van der Waals surface area contributed by atoms with Crippen molar-refractivity contribution in [3.8, 4) is 0 Å². The van der Waals surface area contributed by atoms with Gasteiger partial charge in [-0.15, -0.1) is 0 Å². The van der Waals surface area contributed by atoms with Crippen molar-refractivity contribution >= 4 is 9.84 Å². The standard InChI is InChI=1S/C6H12O2S.CH4/c1-5-9(7,8)6(2,3)4;/h5H,1H2,2-4H3;1H4. The van der Waals surface area contributed by atoms with E-state index in [0.29, 0.717) is 0 Å². The second kappa shape index (κ2) is 3.19. The van der Waals surface area contributed by atoms with Gasteiger partial charge in [0, 0.05) is 5.41 Å². The van der Waals surface area contributed by atoms with Crippen LogP contribution in [0.15, 0.2) is 12.0 Å². The molecule has 0 unspecified atom stereocenters. The normalized spacial score (nSPS) is 11.9. The molecule has 0 N–H and O–H groups in total. The van der Waals surface area contributed by atoms with Crippen molar-refractivity contribution in [2.45, 2.75) is 32.9 Å². The zero-order valence-electron chi connectivity index (χ0n) is 6.01. The Bertz CT molecular complexity index is 194. The summed E-state index contributed by atoms with van der Waals surface area (Å²) in [5, 5.41) is 0.993. The first-order valence-corrected chi connectivity index (χ1v) is 4.23. The molecule has 0 aliphatic rings. The summed E-state index contributed by atoms with van der Waals surface area (Å²) in [5.41, 5.74) is 0. The topological polar surface area (TPSA) is 34.1 Å². The SMILES string of the molecule is C.C=CS(=O)(=O)C(C)(C)C. The number of rotatable bonds is 1. The summed E-state index contributed by atoms with van der Waals surface area (Å²) in [6, 6.07) is 0. The van der Waals surface area contributed by atoms with E-state index < -0.39 is 14.6 Å². The molecule has 0 amide bonds. The third-order valence-corrected chi connectivity index (χ3v) is 3.22. The van der Waals surface area contributed by atoms with Gasteiger partial charge in [-0.2, -0.15) is 0 Å². The average molecular weight is 164 g/mol. The summed E-state index contributed by atoms with van der Waals surface area (Å²) >= 11 is 0. The fourth-order valence-electron chi connectivity index (χ4n) is 0.250. The lowest BCUT2D eigenvalue weighted by molar-refractivity contribution is 0.570. The minimum Gasteiger partial charge on any atom is -0.224 e. The molecule has 0 heterocycles. The Morgan fingerprint density at radius 1 is 1.30 bits per heavy atom. The highest BCUT2D eigenvalue weighted by Crippen LogP contribution is 2.15. The van der Waals surface area contributed by atoms with Crippen LogP contribution in [0, 0.1) is 0 Å². The van der Waals surface area contributed by atoms with Gasteiger partial charge in [-0.1, -0.05) is 14.0 Å². The van der Waals surface area contributed by atoms with Crippen molar-refractivity contribution in [2.75, 3.05) is 0 Å². The molecule has 2 nitrogen and oxygen atoms in total. The molecule has 0 spiro atoms. The Morgan fingerprint density at radius 3 is 1.60 bits per heavy atom. The summed E-state index contributed by atoms with van der Waals surface area (Å²) in [7, 11) is -3.07. The largest absolute Gasteiger partial charge is 0.224 e. The van der Waals surface area contributed by atoms with Crippen LogP contribution in [0.25, 0.3) is 0 Å². The Balaban J connectivity index is 0. The number of hydrogen-bond donors (Lipinski definition) is 0. The minimum atomic E-state index is -3.07. The van der Waals surface area contributed by atoms with E-state index >= 15 is 0 Å². The summed E-state index contributed by atoms with van der Waals surface area (Å²) in [4.78, 5) is 0. The highest BCUT2D eigenvalue weighted by atomic mass is 32.2. The minimum absolute atomic E-state index is 0. The maximum Gasteiger partial charge on any atom is 0.175 e. The molecule has 0 aromatic rings. The van der Waals surface area contributed by atoms with Gasteiger partial charge in [0.25, 0.3) is 0 Å². The number of hydrogen-bond acceptors (Lipinski definition) is 2. The zero-order valence-corrected chi connectivity index (χ0v) is 6.83. The van der Waals surface area contributed by atoms with Crippen LogP contribution in [0.1, 0.15) is 28.2 Å². The van der Waals surface area contributed by atoms with Crippen molar-refractivity contribution in [1.82, 2.24) is 0 Å². The highest BCUT2D eigenvalue weighted by Gasteiger charge is 2.24. The molecule has 3 heteroatoms. The highest BCUT2D eigenvalue weighted by molar-refractivity contribution is 7.95. The predicted molar refractivity (Wildman–Crippen MR) is 45.6 cm³/mol. The van der Waals surface area contributed by atoms with Crippen LogP contribution >= 0.6 is 0 Å². The van der Waals surface area contributed by atoms with Crippen LogP contribution in [0.2, 0.25) is 0 Å². The molecule has 0 aromatic carbocycles. The molecule has 0 fully saturated rings. The van der Waals surface area contributed by atoms with Gasteiger partial charge in [0.2, 0.25) is 0 Å². The summed E-state index contributed by atoms with van der Waals surface area (Å²) in [5.74, 6) is 0. The van der Waals surface area contributed by atoms with Crippen LogP contribution in [-0.2, 0) is 9.84 Å². The summed E-state index contributed by atoms with van der Waals surface area (Å²) < 4.78 is 21.1. The molecule has 0 aliphatic carbocycles. The Labute approximate surface area is 63.9 Å². The molecule has 0 bridgehead atoms. The molecule has 0 radical (unpaired) electrons. The Kier molecular flexibility index (Phi) is 3.95. The monoisotopic (exact) mass is 164 g/mol. The third-order valence-electron chi connectivity index (χ3n) is 1.07. The lowest BCUT2D eigenvalue weighted by Gasteiger charge is -2.14. The second-order valence-electron chi connectivity index (χ2n) is 2.82. The molecule has 0 aromatic heterocycles. The van der Waals surface area contributed by atoms with Gasteiger partial charge in [0.15, 0.2) is 9.84 Å². The molecular weight excluding hydrogens is 148 g/mol. The van der Waals surface area contributed by atoms with Crippen LogP contribution < -0.4 is 0 Å². The molecule has 0 rings (SSSR count). The van der Waals surface area contributed by atoms with Gasteiger partial charge in [0.05, 0.1) is 4.75 Å². The van der Waals surface area contributed by atoms with Gasteiger partial charge in [-0.25, -0.2) is 8.42 Å². The Morgan fingerprint density at radius 2 is 1.60 bits per heavy atom. The first-order valence-electron chi connectivity index (χ1n) is 2.68. The van der Waals surface area contributed by atoms with Gasteiger partial charge in [-0.05, 0) is 20.8 Å². The first-order chi connectivity index (χ1) is 3.81. The maximum absolute atomic E-state index is 10.9. The van der Waals surface area contributed by atoms with Crippen molar-refractivity contribution in [2.24, 2.45) is 0 Å². The molecule has 0 saturated carbocycles. The maximum atomic E-state index is 10.9. The first kappa shape index (κ1) is 12.4. The van der Waals surface area contributed by atoms with Crippen LogP contribution in [0.4, 0.5) is 0 Å². The fraction of sp³-hybridized carbons (Fsp3) is 0.714.